The van der Waals surface area contributed by atoms with E-state index in [4.69, 9.17) is 4.74 Å². The first-order chi connectivity index (χ1) is 10.7. The Morgan fingerprint density at radius 3 is 2.23 bits per heavy atom. The Balaban J connectivity index is 1.79. The fraction of sp³-hybridized carbons (Fsp3) is 1.00. The average Bonchev–Trinajstić information content (AvgIpc) is 2.53. The zero-order valence-electron chi connectivity index (χ0n) is 14.4. The Hall–Kier alpha value is -0.180. The van der Waals surface area contributed by atoms with Crippen LogP contribution in [-0.2, 0) is 4.74 Å². The highest BCUT2D eigenvalue weighted by atomic mass is 19.2. The molecule has 0 N–H and O–H groups in total. The SMILES string of the molecule is CCCCOC1CCC(C2CCC(CCC)CC2)C(F)C1F. The quantitative estimate of drug-likeness (QED) is 0.534. The van der Waals surface area contributed by atoms with Crippen molar-refractivity contribution in [2.45, 2.75) is 96.5 Å². The van der Waals surface area contributed by atoms with E-state index in [2.05, 4.69) is 13.8 Å². The van der Waals surface area contributed by atoms with Crippen LogP contribution < -0.4 is 0 Å². The molecule has 2 aliphatic rings. The van der Waals surface area contributed by atoms with Crippen LogP contribution in [0.4, 0.5) is 8.78 Å². The summed E-state index contributed by atoms with van der Waals surface area (Å²) in [5.74, 6) is 1.16. The fourth-order valence-electron chi connectivity index (χ4n) is 4.48. The van der Waals surface area contributed by atoms with Crippen molar-refractivity contribution in [3.8, 4) is 0 Å². The number of halogens is 2. The largest absolute Gasteiger partial charge is 0.375 e. The second-order valence-electron chi connectivity index (χ2n) is 7.46. The molecule has 0 aromatic carbocycles. The van der Waals surface area contributed by atoms with Crippen LogP contribution in [0.3, 0.4) is 0 Å². The predicted molar refractivity (Wildman–Crippen MR) is 87.5 cm³/mol. The molecule has 0 aromatic heterocycles. The summed E-state index contributed by atoms with van der Waals surface area (Å²) in [7, 11) is 0. The molecule has 0 spiro atoms. The molecule has 0 heterocycles. The second kappa shape index (κ2) is 9.20. The zero-order chi connectivity index (χ0) is 15.9. The van der Waals surface area contributed by atoms with E-state index in [0.29, 0.717) is 18.9 Å². The van der Waals surface area contributed by atoms with Crippen molar-refractivity contribution in [1.82, 2.24) is 0 Å². The topological polar surface area (TPSA) is 9.23 Å². The molecule has 0 aromatic rings. The van der Waals surface area contributed by atoms with Gasteiger partial charge in [0.05, 0.1) is 6.10 Å². The minimum atomic E-state index is -1.41. The summed E-state index contributed by atoms with van der Waals surface area (Å²) < 4.78 is 34.5. The minimum absolute atomic E-state index is 0.0661. The molecule has 3 heteroatoms. The third-order valence-electron chi connectivity index (χ3n) is 5.88. The number of rotatable bonds is 7. The maximum Gasteiger partial charge on any atom is 0.157 e. The van der Waals surface area contributed by atoms with Gasteiger partial charge < -0.3 is 4.74 Å². The Kier molecular flexibility index (Phi) is 7.59. The van der Waals surface area contributed by atoms with E-state index < -0.39 is 18.4 Å². The molecule has 0 aliphatic heterocycles. The smallest absolute Gasteiger partial charge is 0.157 e. The van der Waals surface area contributed by atoms with Crippen LogP contribution >= 0.6 is 0 Å². The van der Waals surface area contributed by atoms with E-state index in [9.17, 15) is 8.78 Å². The van der Waals surface area contributed by atoms with E-state index in [1.165, 1.54) is 25.7 Å². The van der Waals surface area contributed by atoms with Crippen LogP contribution in [0.5, 0.6) is 0 Å². The highest BCUT2D eigenvalue weighted by Gasteiger charge is 2.44. The summed E-state index contributed by atoms with van der Waals surface area (Å²) in [4.78, 5) is 0. The third kappa shape index (κ3) is 4.66. The Bertz CT molecular complexity index is 302. The molecular formula is C19H34F2O. The summed E-state index contributed by atoms with van der Waals surface area (Å²) in [6.45, 7) is 4.89. The van der Waals surface area contributed by atoms with Gasteiger partial charge in [-0.1, -0.05) is 46.0 Å². The fourth-order valence-corrected chi connectivity index (χ4v) is 4.48. The van der Waals surface area contributed by atoms with Gasteiger partial charge in [0.2, 0.25) is 0 Å². The van der Waals surface area contributed by atoms with Gasteiger partial charge in [0.1, 0.15) is 6.17 Å². The van der Waals surface area contributed by atoms with Crippen molar-refractivity contribution in [3.63, 3.8) is 0 Å². The maximum absolute atomic E-state index is 14.6. The first kappa shape index (κ1) is 18.2. The Labute approximate surface area is 135 Å². The van der Waals surface area contributed by atoms with Crippen molar-refractivity contribution in [1.29, 1.82) is 0 Å². The van der Waals surface area contributed by atoms with E-state index in [0.717, 1.165) is 38.0 Å². The molecule has 2 fully saturated rings. The molecule has 130 valence electrons. The molecule has 0 radical (unpaired) electrons. The van der Waals surface area contributed by atoms with E-state index in [-0.39, 0.29) is 5.92 Å². The monoisotopic (exact) mass is 316 g/mol. The van der Waals surface area contributed by atoms with Gasteiger partial charge in [-0.3, -0.25) is 0 Å². The van der Waals surface area contributed by atoms with Gasteiger partial charge in [-0.2, -0.15) is 0 Å². The van der Waals surface area contributed by atoms with Gasteiger partial charge in [-0.15, -0.1) is 0 Å². The molecule has 22 heavy (non-hydrogen) atoms. The molecule has 4 unspecified atom stereocenters. The molecule has 2 rings (SSSR count). The third-order valence-corrected chi connectivity index (χ3v) is 5.88. The lowest BCUT2D eigenvalue weighted by atomic mass is 9.69. The number of hydrogen-bond donors (Lipinski definition) is 0. The zero-order valence-corrected chi connectivity index (χ0v) is 14.4. The second-order valence-corrected chi connectivity index (χ2v) is 7.46. The van der Waals surface area contributed by atoms with Crippen molar-refractivity contribution in [3.05, 3.63) is 0 Å². The summed E-state index contributed by atoms with van der Waals surface area (Å²) in [6.07, 6.45) is 7.43. The van der Waals surface area contributed by atoms with Gasteiger partial charge >= 0.3 is 0 Å². The van der Waals surface area contributed by atoms with E-state index in [1.54, 1.807) is 0 Å². The standard InChI is InChI=1S/C19H34F2O/c1-3-5-13-22-17-12-11-16(18(20)19(17)21)15-9-7-14(6-4-2)8-10-15/h14-19H,3-13H2,1-2H3. The molecule has 2 aliphatic carbocycles. The normalized spacial score (nSPS) is 39.8. The number of unbranched alkanes of at least 4 members (excludes halogenated alkanes) is 1. The van der Waals surface area contributed by atoms with Gasteiger partial charge in [0.15, 0.2) is 6.17 Å². The molecule has 0 saturated heterocycles. The lowest BCUT2D eigenvalue weighted by Crippen LogP contribution is -2.45. The Morgan fingerprint density at radius 2 is 1.59 bits per heavy atom. The van der Waals surface area contributed by atoms with Crippen LogP contribution in [0.15, 0.2) is 0 Å². The van der Waals surface area contributed by atoms with Gasteiger partial charge in [-0.25, -0.2) is 8.78 Å². The lowest BCUT2D eigenvalue weighted by Gasteiger charge is -2.41. The van der Waals surface area contributed by atoms with E-state index >= 15 is 0 Å². The highest BCUT2D eigenvalue weighted by molar-refractivity contribution is 4.93. The summed E-state index contributed by atoms with van der Waals surface area (Å²) in [6, 6.07) is 0. The molecule has 2 saturated carbocycles. The van der Waals surface area contributed by atoms with Gasteiger partial charge in [0, 0.05) is 6.61 Å². The van der Waals surface area contributed by atoms with Crippen LogP contribution in [-0.4, -0.2) is 25.1 Å². The lowest BCUT2D eigenvalue weighted by molar-refractivity contribution is -0.0879. The van der Waals surface area contributed by atoms with Crippen LogP contribution in [0.25, 0.3) is 0 Å². The predicted octanol–water partition coefficient (Wildman–Crippen LogP) is 5.86. The van der Waals surface area contributed by atoms with Crippen molar-refractivity contribution in [2.75, 3.05) is 6.61 Å². The first-order valence-corrected chi connectivity index (χ1v) is 9.57. The van der Waals surface area contributed by atoms with Crippen LogP contribution in [0, 0.1) is 17.8 Å². The number of ether oxygens (including phenoxy) is 1. The van der Waals surface area contributed by atoms with Gasteiger partial charge in [-0.05, 0) is 49.9 Å². The summed E-state index contributed by atoms with van der Waals surface area (Å²) in [5, 5.41) is 0. The maximum atomic E-state index is 14.6. The van der Waals surface area contributed by atoms with Crippen molar-refractivity contribution < 1.29 is 13.5 Å². The van der Waals surface area contributed by atoms with Crippen LogP contribution in [0.1, 0.15) is 78.1 Å². The summed E-state index contributed by atoms with van der Waals surface area (Å²) >= 11 is 0. The summed E-state index contributed by atoms with van der Waals surface area (Å²) in [5.41, 5.74) is 0. The minimum Gasteiger partial charge on any atom is -0.375 e. The van der Waals surface area contributed by atoms with Gasteiger partial charge in [0.25, 0.3) is 0 Å². The number of hydrogen-bond acceptors (Lipinski definition) is 1. The average molecular weight is 316 g/mol. The molecular weight excluding hydrogens is 282 g/mol. The van der Waals surface area contributed by atoms with Crippen LogP contribution in [0.2, 0.25) is 0 Å². The molecule has 0 bridgehead atoms. The number of alkyl halides is 2. The highest BCUT2D eigenvalue weighted by Crippen LogP contribution is 2.43. The van der Waals surface area contributed by atoms with Crippen molar-refractivity contribution in [2.24, 2.45) is 17.8 Å². The Morgan fingerprint density at radius 1 is 0.864 bits per heavy atom. The van der Waals surface area contributed by atoms with E-state index in [1.807, 2.05) is 0 Å². The first-order valence-electron chi connectivity index (χ1n) is 9.57. The molecule has 1 nitrogen and oxygen atoms in total. The van der Waals surface area contributed by atoms with Crippen molar-refractivity contribution >= 4 is 0 Å². The molecule has 0 amide bonds. The molecule has 4 atom stereocenters.